The Morgan fingerprint density at radius 1 is 1.40 bits per heavy atom. The number of amides is 1. The van der Waals surface area contributed by atoms with Gasteiger partial charge < -0.3 is 19.3 Å². The van der Waals surface area contributed by atoms with Crippen molar-refractivity contribution in [2.24, 2.45) is 0 Å². The number of nitro groups is 1. The maximum absolute atomic E-state index is 11.7. The smallest absolute Gasteiger partial charge is 0.433 e. The number of rotatable bonds is 4. The highest BCUT2D eigenvalue weighted by molar-refractivity contribution is 5.77. The zero-order valence-electron chi connectivity index (χ0n) is 11.6. The van der Waals surface area contributed by atoms with E-state index in [4.69, 9.17) is 9.15 Å². The van der Waals surface area contributed by atoms with Crippen molar-refractivity contribution in [3.8, 4) is 0 Å². The van der Waals surface area contributed by atoms with Crippen LogP contribution in [0.2, 0.25) is 0 Å². The molecule has 1 unspecified atom stereocenters. The SMILES string of the molecule is CC(C)(C)OC(=O)NC(C)(C=O)c1ccc([N+](=O)[O-])o1. The molecule has 1 atom stereocenters. The molecule has 0 spiro atoms. The number of alkyl carbamates (subject to hydrolysis) is 1. The molecule has 1 aromatic rings. The summed E-state index contributed by atoms with van der Waals surface area (Å²) in [7, 11) is 0. The van der Waals surface area contributed by atoms with E-state index in [1.165, 1.54) is 13.0 Å². The van der Waals surface area contributed by atoms with Gasteiger partial charge in [-0.15, -0.1) is 0 Å². The first-order valence-corrected chi connectivity index (χ1v) is 5.79. The largest absolute Gasteiger partial charge is 0.444 e. The van der Waals surface area contributed by atoms with E-state index in [1.54, 1.807) is 20.8 Å². The molecule has 1 N–H and O–H groups in total. The average Bonchev–Trinajstić information content (AvgIpc) is 2.75. The second-order valence-corrected chi connectivity index (χ2v) is 5.34. The van der Waals surface area contributed by atoms with Crippen molar-refractivity contribution in [3.05, 3.63) is 28.0 Å². The molecule has 110 valence electrons. The van der Waals surface area contributed by atoms with E-state index in [2.05, 4.69) is 5.32 Å². The number of nitrogens with zero attached hydrogens (tertiary/aromatic N) is 1. The van der Waals surface area contributed by atoms with Crippen LogP contribution in [-0.2, 0) is 15.1 Å². The van der Waals surface area contributed by atoms with Crippen molar-refractivity contribution in [3.63, 3.8) is 0 Å². The van der Waals surface area contributed by atoms with Crippen LogP contribution in [0.15, 0.2) is 16.5 Å². The van der Waals surface area contributed by atoms with Crippen molar-refractivity contribution in [1.82, 2.24) is 5.32 Å². The maximum atomic E-state index is 11.7. The van der Waals surface area contributed by atoms with Crippen LogP contribution in [0.4, 0.5) is 10.7 Å². The fourth-order valence-corrected chi connectivity index (χ4v) is 1.37. The summed E-state index contributed by atoms with van der Waals surface area (Å²) in [4.78, 5) is 32.7. The molecule has 0 aliphatic rings. The Labute approximate surface area is 115 Å². The molecule has 0 aromatic carbocycles. The monoisotopic (exact) mass is 284 g/mol. The Hall–Kier alpha value is -2.38. The first-order valence-electron chi connectivity index (χ1n) is 5.79. The molecule has 1 heterocycles. The number of aldehydes is 1. The normalized spacial score (nSPS) is 14.2. The van der Waals surface area contributed by atoms with Crippen molar-refractivity contribution in [1.29, 1.82) is 0 Å². The molecule has 8 nitrogen and oxygen atoms in total. The fraction of sp³-hybridized carbons (Fsp3) is 0.500. The lowest BCUT2D eigenvalue weighted by Gasteiger charge is -2.25. The Kier molecular flexibility index (Phi) is 4.17. The van der Waals surface area contributed by atoms with Gasteiger partial charge in [0, 0.05) is 0 Å². The standard InChI is InChI=1S/C12H16N2O6/c1-11(2,3)20-10(16)13-12(4,7-15)8-5-6-9(19-8)14(17)18/h5-7H,1-4H3,(H,13,16). The Bertz CT molecular complexity index is 530. The second-order valence-electron chi connectivity index (χ2n) is 5.34. The quantitative estimate of drug-likeness (QED) is 0.515. The molecule has 0 aliphatic carbocycles. The van der Waals surface area contributed by atoms with Gasteiger partial charge in [-0.05, 0) is 33.8 Å². The third-order valence-corrected chi connectivity index (χ3v) is 2.28. The van der Waals surface area contributed by atoms with Crippen LogP contribution < -0.4 is 5.32 Å². The van der Waals surface area contributed by atoms with Crippen LogP contribution in [0.3, 0.4) is 0 Å². The average molecular weight is 284 g/mol. The Morgan fingerprint density at radius 3 is 2.40 bits per heavy atom. The lowest BCUT2D eigenvalue weighted by molar-refractivity contribution is -0.402. The van der Waals surface area contributed by atoms with Crippen LogP contribution in [0.5, 0.6) is 0 Å². The van der Waals surface area contributed by atoms with Crippen LogP contribution >= 0.6 is 0 Å². The number of furan rings is 1. The van der Waals surface area contributed by atoms with Gasteiger partial charge >= 0.3 is 12.0 Å². The van der Waals surface area contributed by atoms with E-state index in [1.807, 2.05) is 0 Å². The third-order valence-electron chi connectivity index (χ3n) is 2.28. The molecule has 0 bridgehead atoms. The zero-order valence-corrected chi connectivity index (χ0v) is 11.6. The molecule has 1 rings (SSSR count). The third kappa shape index (κ3) is 3.81. The highest BCUT2D eigenvalue weighted by atomic mass is 16.6. The van der Waals surface area contributed by atoms with E-state index >= 15 is 0 Å². The van der Waals surface area contributed by atoms with Gasteiger partial charge in [-0.3, -0.25) is 10.1 Å². The van der Waals surface area contributed by atoms with Gasteiger partial charge in [-0.1, -0.05) is 0 Å². The first kappa shape index (κ1) is 15.7. The number of ether oxygens (including phenoxy) is 1. The summed E-state index contributed by atoms with van der Waals surface area (Å²) in [6.07, 6.45) is -0.411. The van der Waals surface area contributed by atoms with E-state index in [9.17, 15) is 19.7 Å². The summed E-state index contributed by atoms with van der Waals surface area (Å²) >= 11 is 0. The number of hydrogen-bond donors (Lipinski definition) is 1. The van der Waals surface area contributed by atoms with E-state index in [-0.39, 0.29) is 5.76 Å². The van der Waals surface area contributed by atoms with Crippen LogP contribution in [0, 0.1) is 10.1 Å². The van der Waals surface area contributed by atoms with Crippen molar-refractivity contribution < 1.29 is 23.7 Å². The zero-order chi connectivity index (χ0) is 15.6. The molecule has 0 saturated heterocycles. The second kappa shape index (κ2) is 5.32. The molecule has 0 saturated carbocycles. The molecule has 0 aliphatic heterocycles. The summed E-state index contributed by atoms with van der Waals surface area (Å²) in [5, 5.41) is 12.9. The topological polar surface area (TPSA) is 112 Å². The Morgan fingerprint density at radius 2 is 2.00 bits per heavy atom. The van der Waals surface area contributed by atoms with Crippen LogP contribution in [-0.4, -0.2) is 22.9 Å². The fourth-order valence-electron chi connectivity index (χ4n) is 1.37. The van der Waals surface area contributed by atoms with E-state index in [0.29, 0.717) is 6.29 Å². The van der Waals surface area contributed by atoms with Gasteiger partial charge in [0.15, 0.2) is 11.8 Å². The van der Waals surface area contributed by atoms with Crippen molar-refractivity contribution in [2.75, 3.05) is 0 Å². The summed E-state index contributed by atoms with van der Waals surface area (Å²) < 4.78 is 9.96. The molecule has 20 heavy (non-hydrogen) atoms. The maximum Gasteiger partial charge on any atom is 0.433 e. The lowest BCUT2D eigenvalue weighted by atomic mass is 10.0. The number of carbonyl (C=O) groups is 2. The molecular weight excluding hydrogens is 268 g/mol. The highest BCUT2D eigenvalue weighted by Gasteiger charge is 2.35. The minimum atomic E-state index is -1.55. The summed E-state index contributed by atoms with van der Waals surface area (Å²) in [5.41, 5.74) is -2.28. The van der Waals surface area contributed by atoms with E-state index in [0.717, 1.165) is 6.07 Å². The lowest BCUT2D eigenvalue weighted by Crippen LogP contribution is -2.46. The predicted molar refractivity (Wildman–Crippen MR) is 68.1 cm³/mol. The van der Waals surface area contributed by atoms with Crippen molar-refractivity contribution >= 4 is 18.3 Å². The molecule has 0 radical (unpaired) electrons. The summed E-state index contributed by atoms with van der Waals surface area (Å²) in [6.45, 7) is 6.36. The number of nitrogens with one attached hydrogen (secondary N) is 1. The van der Waals surface area contributed by atoms with Gasteiger partial charge in [0.25, 0.3) is 0 Å². The van der Waals surface area contributed by atoms with Gasteiger partial charge in [-0.25, -0.2) is 4.79 Å². The minimum absolute atomic E-state index is 0.0509. The molecule has 1 aromatic heterocycles. The molecule has 1 amide bonds. The van der Waals surface area contributed by atoms with Crippen LogP contribution in [0.25, 0.3) is 0 Å². The molecular formula is C12H16N2O6. The number of hydrogen-bond acceptors (Lipinski definition) is 6. The first-order chi connectivity index (χ1) is 9.07. The summed E-state index contributed by atoms with van der Waals surface area (Å²) in [5.74, 6) is -0.566. The summed E-state index contributed by atoms with van der Waals surface area (Å²) in [6, 6.07) is 2.36. The minimum Gasteiger partial charge on any atom is -0.444 e. The van der Waals surface area contributed by atoms with Gasteiger partial charge in [0.05, 0.1) is 6.07 Å². The molecule has 0 fully saturated rings. The van der Waals surface area contributed by atoms with Gasteiger partial charge in [-0.2, -0.15) is 0 Å². The predicted octanol–water partition coefficient (Wildman–Crippen LogP) is 2.13. The van der Waals surface area contributed by atoms with E-state index < -0.39 is 28.0 Å². The molecule has 8 heteroatoms. The van der Waals surface area contributed by atoms with Gasteiger partial charge in [0.1, 0.15) is 16.3 Å². The highest BCUT2D eigenvalue weighted by Crippen LogP contribution is 2.25. The Balaban J connectivity index is 2.93. The van der Waals surface area contributed by atoms with Gasteiger partial charge in [0.2, 0.25) is 0 Å². The number of carbonyl (C=O) groups excluding carboxylic acids is 2. The van der Waals surface area contributed by atoms with Crippen molar-refractivity contribution in [2.45, 2.75) is 38.8 Å². The van der Waals surface area contributed by atoms with Crippen LogP contribution in [0.1, 0.15) is 33.5 Å².